The number of morpholine rings is 1. The Bertz CT molecular complexity index is 1160. The van der Waals surface area contributed by atoms with Gasteiger partial charge in [-0.05, 0) is 112 Å². The summed E-state index contributed by atoms with van der Waals surface area (Å²) in [6.07, 6.45) is 6.60. The molecule has 7 aliphatic rings. The highest BCUT2D eigenvalue weighted by molar-refractivity contribution is 5.75. The maximum absolute atomic E-state index is 13.1. The molecule has 2 aliphatic heterocycles. The Balaban J connectivity index is 1.14. The third kappa shape index (κ3) is 4.33. The van der Waals surface area contributed by atoms with Crippen LogP contribution in [0.5, 0.6) is 0 Å². The molecular formula is C37H61NO7. The van der Waals surface area contributed by atoms with E-state index >= 15 is 0 Å². The first kappa shape index (κ1) is 32.8. The Labute approximate surface area is 271 Å². The summed E-state index contributed by atoms with van der Waals surface area (Å²) < 4.78 is 25.0. The second-order valence-electron chi connectivity index (χ2n) is 18.1. The van der Waals surface area contributed by atoms with Crippen molar-refractivity contribution in [3.05, 3.63) is 0 Å². The summed E-state index contributed by atoms with van der Waals surface area (Å²) in [7, 11) is 0. The van der Waals surface area contributed by atoms with E-state index in [1.165, 1.54) is 12.8 Å². The molecule has 7 rings (SSSR count). The topological polar surface area (TPSA) is 106 Å². The molecule has 7 fully saturated rings. The van der Waals surface area contributed by atoms with Gasteiger partial charge in [0, 0.05) is 30.5 Å². The summed E-state index contributed by atoms with van der Waals surface area (Å²) in [6.45, 7) is 19.9. The number of nitrogens with one attached hydrogen (secondary N) is 1. The third-order valence-electron chi connectivity index (χ3n) is 15.6. The van der Waals surface area contributed by atoms with Crippen molar-refractivity contribution >= 4 is 5.97 Å². The average Bonchev–Trinajstić information content (AvgIpc) is 3.61. The highest BCUT2D eigenvalue weighted by Gasteiger charge is 2.84. The largest absolute Gasteiger partial charge is 0.460 e. The van der Waals surface area contributed by atoms with Gasteiger partial charge in [0.15, 0.2) is 6.10 Å². The minimum atomic E-state index is -1.03. The molecule has 5 aliphatic carbocycles. The number of aliphatic hydroxyl groups excluding tert-OH is 1. The fraction of sp³-hybridized carbons (Fsp3) is 0.973. The van der Waals surface area contributed by atoms with E-state index in [0.29, 0.717) is 37.5 Å². The van der Waals surface area contributed by atoms with Crippen molar-refractivity contribution in [3.8, 4) is 0 Å². The summed E-state index contributed by atoms with van der Waals surface area (Å²) in [4.78, 5) is 13.1. The molecule has 0 aromatic carbocycles. The molecule has 1 unspecified atom stereocenters. The van der Waals surface area contributed by atoms with E-state index in [0.717, 1.165) is 45.1 Å². The van der Waals surface area contributed by atoms with E-state index in [1.807, 2.05) is 20.8 Å². The van der Waals surface area contributed by atoms with Crippen LogP contribution in [0, 0.1) is 50.7 Å². The van der Waals surface area contributed by atoms with Gasteiger partial charge in [-0.2, -0.15) is 0 Å². The average molecular weight is 632 g/mol. The number of rotatable bonds is 6. The molecule has 0 aromatic heterocycles. The third-order valence-corrected chi connectivity index (χ3v) is 15.6. The van der Waals surface area contributed by atoms with Gasteiger partial charge in [-0.1, -0.05) is 34.6 Å². The Morgan fingerprint density at radius 1 is 1.07 bits per heavy atom. The lowest BCUT2D eigenvalue weighted by molar-refractivity contribution is -0.215. The first-order valence-electron chi connectivity index (χ1n) is 18.3. The molecule has 2 saturated heterocycles. The van der Waals surface area contributed by atoms with Crippen molar-refractivity contribution in [2.75, 3.05) is 26.3 Å². The molecule has 45 heavy (non-hydrogen) atoms. The standard InChI is InChI=1S/C37H61NO7/c1-9-42-30(33(5,6)41)22-18-21(2)27-28(44-22)29(39)35(8)25-11-10-24-32(3,4)26(45-31(40)23-19-38-16-17-43-23)12-13-36(24)20-37(25,36)15-14-34(27,35)7/h21-30,38-39,41H,9-20H2,1-8H3/t21-,22-,23+,24+,25+,26+,27+,28+,29+,30+,34-,35-,36?,37+/m1/s1. The van der Waals surface area contributed by atoms with Crippen LogP contribution >= 0.6 is 0 Å². The highest BCUT2D eigenvalue weighted by Crippen LogP contribution is 2.89. The van der Waals surface area contributed by atoms with Crippen molar-refractivity contribution in [1.29, 1.82) is 0 Å². The monoisotopic (exact) mass is 631 g/mol. The zero-order chi connectivity index (χ0) is 32.4. The second kappa shape index (κ2) is 10.6. The molecular weight excluding hydrogens is 570 g/mol. The molecule has 2 heterocycles. The molecule has 8 heteroatoms. The van der Waals surface area contributed by atoms with E-state index in [-0.39, 0.29) is 57.3 Å². The predicted octanol–water partition coefficient (Wildman–Crippen LogP) is 4.88. The van der Waals surface area contributed by atoms with Crippen molar-refractivity contribution in [1.82, 2.24) is 5.32 Å². The lowest BCUT2D eigenvalue weighted by atomic mass is 9.41. The van der Waals surface area contributed by atoms with Crippen LogP contribution in [0.25, 0.3) is 0 Å². The molecule has 3 N–H and O–H groups in total. The Morgan fingerprint density at radius 3 is 2.44 bits per heavy atom. The first-order chi connectivity index (χ1) is 21.1. The normalized spacial score (nSPS) is 52.4. The minimum Gasteiger partial charge on any atom is -0.460 e. The smallest absolute Gasteiger partial charge is 0.336 e. The van der Waals surface area contributed by atoms with Crippen molar-refractivity contribution in [3.63, 3.8) is 0 Å². The number of hydrogen-bond acceptors (Lipinski definition) is 8. The van der Waals surface area contributed by atoms with Gasteiger partial charge in [0.05, 0.1) is 30.5 Å². The van der Waals surface area contributed by atoms with Crippen LogP contribution in [0.3, 0.4) is 0 Å². The number of carbonyl (C=O) groups excluding carboxylic acids is 1. The Kier molecular flexibility index (Phi) is 7.73. The van der Waals surface area contributed by atoms with Gasteiger partial charge in [-0.25, -0.2) is 4.79 Å². The SMILES string of the molecule is CCO[C@@H]([C@H]1C[C@@H](C)[C@H]2[C@H](O1)[C@H](O)[C@@]1(C)[C@@H]3CC[C@H]4C(C)(C)[C@@H](OC(=O)[C@@H]5CNCCO5)CCC45C[C@@]35CC[C@]21C)C(C)(C)O. The summed E-state index contributed by atoms with van der Waals surface area (Å²) in [5, 5.41) is 26.8. The molecule has 2 spiro atoms. The fourth-order valence-electron chi connectivity index (χ4n) is 13.6. The molecule has 0 bridgehead atoms. The van der Waals surface area contributed by atoms with Crippen LogP contribution in [0.15, 0.2) is 0 Å². The number of hydrogen-bond donors (Lipinski definition) is 3. The zero-order valence-electron chi connectivity index (χ0n) is 29.2. The maximum atomic E-state index is 13.1. The molecule has 0 amide bonds. The molecule has 14 atom stereocenters. The summed E-state index contributed by atoms with van der Waals surface area (Å²) in [5.41, 5.74) is -0.887. The lowest BCUT2D eigenvalue weighted by Gasteiger charge is -2.63. The highest BCUT2D eigenvalue weighted by atomic mass is 16.6. The zero-order valence-corrected chi connectivity index (χ0v) is 29.2. The van der Waals surface area contributed by atoms with Gasteiger partial charge in [0.25, 0.3) is 0 Å². The maximum Gasteiger partial charge on any atom is 0.336 e. The van der Waals surface area contributed by atoms with Crippen LogP contribution in [0.4, 0.5) is 0 Å². The minimum absolute atomic E-state index is 0.0138. The lowest BCUT2D eigenvalue weighted by Crippen LogP contribution is -2.60. The summed E-state index contributed by atoms with van der Waals surface area (Å²) in [6, 6.07) is 0. The number of aliphatic hydroxyl groups is 2. The van der Waals surface area contributed by atoms with Crippen molar-refractivity contribution in [2.24, 2.45) is 50.7 Å². The van der Waals surface area contributed by atoms with E-state index in [2.05, 4.69) is 39.9 Å². The first-order valence-corrected chi connectivity index (χ1v) is 18.3. The molecule has 0 aromatic rings. The number of fused-ring (bicyclic) bond motifs is 4. The summed E-state index contributed by atoms with van der Waals surface area (Å²) >= 11 is 0. The van der Waals surface area contributed by atoms with E-state index in [4.69, 9.17) is 18.9 Å². The molecule has 8 nitrogen and oxygen atoms in total. The molecule has 5 saturated carbocycles. The summed E-state index contributed by atoms with van der Waals surface area (Å²) in [5.74, 6) is 1.39. The van der Waals surface area contributed by atoms with Crippen LogP contribution in [-0.2, 0) is 23.7 Å². The van der Waals surface area contributed by atoms with E-state index < -0.39 is 23.9 Å². The fourth-order valence-corrected chi connectivity index (χ4v) is 13.6. The van der Waals surface area contributed by atoms with Gasteiger partial charge < -0.3 is 34.5 Å². The molecule has 0 radical (unpaired) electrons. The van der Waals surface area contributed by atoms with E-state index in [9.17, 15) is 15.0 Å². The Morgan fingerprint density at radius 2 is 1.78 bits per heavy atom. The number of esters is 1. The van der Waals surface area contributed by atoms with Gasteiger partial charge in [-0.3, -0.25) is 0 Å². The Hall–Kier alpha value is -0.770. The second-order valence-corrected chi connectivity index (χ2v) is 18.1. The van der Waals surface area contributed by atoms with Gasteiger partial charge in [-0.15, -0.1) is 0 Å². The van der Waals surface area contributed by atoms with Crippen LogP contribution in [0.1, 0.15) is 107 Å². The van der Waals surface area contributed by atoms with Crippen LogP contribution in [0.2, 0.25) is 0 Å². The van der Waals surface area contributed by atoms with E-state index in [1.54, 1.807) is 0 Å². The molecule has 256 valence electrons. The van der Waals surface area contributed by atoms with Gasteiger partial charge >= 0.3 is 5.97 Å². The predicted molar refractivity (Wildman–Crippen MR) is 170 cm³/mol. The van der Waals surface area contributed by atoms with Crippen LogP contribution < -0.4 is 5.32 Å². The number of carbonyl (C=O) groups is 1. The number of ether oxygens (including phenoxy) is 4. The van der Waals surface area contributed by atoms with Gasteiger partial charge in [0.1, 0.15) is 12.2 Å². The quantitative estimate of drug-likeness (QED) is 0.357. The van der Waals surface area contributed by atoms with Crippen LogP contribution in [-0.4, -0.2) is 84.7 Å². The van der Waals surface area contributed by atoms with Crippen molar-refractivity contribution < 1.29 is 34.0 Å². The van der Waals surface area contributed by atoms with Gasteiger partial charge in [0.2, 0.25) is 0 Å². The van der Waals surface area contributed by atoms with Crippen molar-refractivity contribution in [2.45, 2.75) is 149 Å².